The van der Waals surface area contributed by atoms with Gasteiger partial charge in [0.2, 0.25) is 11.9 Å². The van der Waals surface area contributed by atoms with Gasteiger partial charge in [-0.3, -0.25) is 14.4 Å². The first kappa shape index (κ1) is 29.6. The van der Waals surface area contributed by atoms with Crippen molar-refractivity contribution in [2.45, 2.75) is 32.8 Å². The van der Waals surface area contributed by atoms with Gasteiger partial charge in [-0.15, -0.1) is 0 Å². The van der Waals surface area contributed by atoms with Gasteiger partial charge in [0.25, 0.3) is 0 Å². The van der Waals surface area contributed by atoms with Crippen LogP contribution in [0, 0.1) is 13.8 Å². The number of carbonyl (C=O) groups is 1. The molecule has 13 heteroatoms. The minimum Gasteiger partial charge on any atom is -0.459 e. The monoisotopic (exact) mass is 620 g/mol. The first-order valence-corrected chi connectivity index (χ1v) is 15.4. The number of nitrogens with zero attached hydrogens (tertiary/aromatic N) is 7. The number of ether oxygens (including phenoxy) is 2. The number of hydrogen-bond acceptors (Lipinski definition) is 10. The van der Waals surface area contributed by atoms with Crippen LogP contribution >= 0.6 is 0 Å². The number of aromatic nitrogens is 7. The number of benzene rings is 1. The first-order chi connectivity index (χ1) is 22.4. The molecule has 1 fully saturated rings. The molecule has 0 spiro atoms. The molecule has 2 aliphatic heterocycles. The molecule has 1 amide bonds. The highest BCUT2D eigenvalue weighted by Crippen LogP contribution is 2.33. The van der Waals surface area contributed by atoms with Crippen molar-refractivity contribution in [1.29, 1.82) is 0 Å². The summed E-state index contributed by atoms with van der Waals surface area (Å²) in [5.41, 5.74) is 7.24. The van der Waals surface area contributed by atoms with Crippen LogP contribution in [0.2, 0.25) is 0 Å². The van der Waals surface area contributed by atoms with Gasteiger partial charge < -0.3 is 25.1 Å². The Balaban J connectivity index is 0.997. The highest BCUT2D eigenvalue weighted by molar-refractivity contribution is 6.06. The molecule has 0 radical (unpaired) electrons. The normalized spacial score (nSPS) is 16.8. The quantitative estimate of drug-likeness (QED) is 0.217. The Bertz CT molecular complexity index is 1910. The van der Waals surface area contributed by atoms with E-state index in [1.54, 1.807) is 17.1 Å². The van der Waals surface area contributed by atoms with Crippen LogP contribution in [0.4, 0.5) is 17.5 Å². The van der Waals surface area contributed by atoms with Crippen LogP contribution in [-0.4, -0.2) is 84.5 Å². The summed E-state index contributed by atoms with van der Waals surface area (Å²) in [7, 11) is 1.89. The van der Waals surface area contributed by atoms with E-state index in [9.17, 15) is 4.79 Å². The molecule has 0 saturated carbocycles. The van der Waals surface area contributed by atoms with Crippen LogP contribution in [0.3, 0.4) is 0 Å². The molecule has 4 aromatic heterocycles. The summed E-state index contributed by atoms with van der Waals surface area (Å²) in [6.07, 6.45) is 9.03. The molecule has 1 atom stereocenters. The zero-order chi connectivity index (χ0) is 31.6. The summed E-state index contributed by atoms with van der Waals surface area (Å²) in [6.45, 7) is 6.88. The topological polar surface area (TPSA) is 148 Å². The fraction of sp³-hybridized carbons (Fsp3) is 0.333. The second-order valence-electron chi connectivity index (χ2n) is 11.7. The van der Waals surface area contributed by atoms with Gasteiger partial charge in [-0.05, 0) is 50.0 Å². The Morgan fingerprint density at radius 2 is 2.11 bits per heavy atom. The van der Waals surface area contributed by atoms with Crippen molar-refractivity contribution in [3.63, 3.8) is 0 Å². The highest BCUT2D eigenvalue weighted by Gasteiger charge is 2.27. The average molecular weight is 621 g/mol. The van der Waals surface area contributed by atoms with E-state index in [1.165, 1.54) is 0 Å². The van der Waals surface area contributed by atoms with Crippen LogP contribution in [0.25, 0.3) is 27.7 Å². The number of carbonyl (C=O) groups excluding carboxylic acids is 1. The molecule has 0 unspecified atom stereocenters. The number of H-pyrrole nitrogens is 1. The Hall–Kier alpha value is -5.14. The Morgan fingerprint density at radius 3 is 2.93 bits per heavy atom. The van der Waals surface area contributed by atoms with Gasteiger partial charge in [-0.25, -0.2) is 15.0 Å². The van der Waals surface area contributed by atoms with Crippen LogP contribution in [0.5, 0.6) is 6.01 Å². The number of hydrogen-bond donors (Lipinski definition) is 3. The van der Waals surface area contributed by atoms with E-state index >= 15 is 0 Å². The standard InChI is InChI=1S/C33H36N10O3/c1-20-16-36-32(39-28-15-21(2)42(3)41-28)40-30(20)25-17-35-31-24(25)5-4-6-27(31)37-29(44)19-43-12-8-23(18-43)46-33-34-11-7-26(38-33)22-9-13-45-14-10-22/h4-7,9,11,15-17,23,35H,8,10,12-14,18-19H2,1-3H3,(H,37,44)(H,36,39,40,41)/t23-/m0/s1. The number of amides is 1. The number of aromatic amines is 1. The molecule has 2 aliphatic rings. The van der Waals surface area contributed by atoms with Gasteiger partial charge in [-0.1, -0.05) is 18.2 Å². The van der Waals surface area contributed by atoms with Gasteiger partial charge in [0.05, 0.1) is 42.4 Å². The van der Waals surface area contributed by atoms with Gasteiger partial charge in [0, 0.05) is 61.4 Å². The third-order valence-corrected chi connectivity index (χ3v) is 8.36. The Morgan fingerprint density at radius 1 is 1.20 bits per heavy atom. The number of rotatable bonds is 9. The molecule has 46 heavy (non-hydrogen) atoms. The molecule has 5 aromatic rings. The second kappa shape index (κ2) is 12.7. The molecule has 13 nitrogen and oxygen atoms in total. The van der Waals surface area contributed by atoms with Crippen molar-refractivity contribution in [2.24, 2.45) is 7.05 Å². The third-order valence-electron chi connectivity index (χ3n) is 8.36. The maximum atomic E-state index is 13.2. The summed E-state index contributed by atoms with van der Waals surface area (Å²) >= 11 is 0. The van der Waals surface area contributed by atoms with E-state index in [2.05, 4.69) is 46.6 Å². The van der Waals surface area contributed by atoms with Crippen molar-refractivity contribution >= 4 is 39.8 Å². The molecule has 1 saturated heterocycles. The van der Waals surface area contributed by atoms with Crippen LogP contribution < -0.4 is 15.4 Å². The number of nitrogens with one attached hydrogen (secondary N) is 3. The smallest absolute Gasteiger partial charge is 0.317 e. The SMILES string of the molecule is Cc1cnc(Nc2cc(C)n(C)n2)nc1-c1c[nH]c2c(NC(=O)CN3CC[C@H](Oc4nccc(C5=CCOCC5)n4)C3)cccc12. The maximum Gasteiger partial charge on any atom is 0.317 e. The number of aryl methyl sites for hydroxylation is 3. The summed E-state index contributed by atoms with van der Waals surface area (Å²) in [5, 5.41) is 11.7. The summed E-state index contributed by atoms with van der Waals surface area (Å²) in [4.78, 5) is 36.8. The van der Waals surface area contributed by atoms with Crippen LogP contribution in [0.15, 0.2) is 55.0 Å². The van der Waals surface area contributed by atoms with Crippen molar-refractivity contribution in [3.8, 4) is 17.3 Å². The maximum absolute atomic E-state index is 13.2. The van der Waals surface area contributed by atoms with E-state index in [4.69, 9.17) is 14.5 Å². The zero-order valence-corrected chi connectivity index (χ0v) is 26.1. The number of likely N-dealkylation sites (tertiary alicyclic amines) is 1. The fourth-order valence-corrected chi connectivity index (χ4v) is 5.88. The van der Waals surface area contributed by atoms with Gasteiger partial charge in [0.15, 0.2) is 5.82 Å². The average Bonchev–Trinajstić information content (AvgIpc) is 3.77. The molecular formula is C33H36N10O3. The highest BCUT2D eigenvalue weighted by atomic mass is 16.5. The minimum atomic E-state index is -0.0932. The van der Waals surface area contributed by atoms with E-state index in [0.717, 1.165) is 64.1 Å². The van der Waals surface area contributed by atoms with E-state index in [0.29, 0.717) is 43.2 Å². The molecular weight excluding hydrogens is 584 g/mol. The minimum absolute atomic E-state index is 0.0849. The molecule has 6 heterocycles. The van der Waals surface area contributed by atoms with E-state index in [-0.39, 0.29) is 18.6 Å². The lowest BCUT2D eigenvalue weighted by molar-refractivity contribution is -0.117. The lowest BCUT2D eigenvalue weighted by atomic mass is 10.1. The fourth-order valence-electron chi connectivity index (χ4n) is 5.88. The predicted octanol–water partition coefficient (Wildman–Crippen LogP) is 4.40. The lowest BCUT2D eigenvalue weighted by Gasteiger charge is -2.17. The van der Waals surface area contributed by atoms with E-state index < -0.39 is 0 Å². The Kier molecular flexibility index (Phi) is 8.16. The number of anilines is 3. The zero-order valence-electron chi connectivity index (χ0n) is 26.1. The summed E-state index contributed by atoms with van der Waals surface area (Å²) in [6, 6.07) is 10.1. The number of para-hydroxylation sites is 1. The predicted molar refractivity (Wildman–Crippen MR) is 175 cm³/mol. The van der Waals surface area contributed by atoms with Crippen molar-refractivity contribution < 1.29 is 14.3 Å². The van der Waals surface area contributed by atoms with E-state index in [1.807, 2.05) is 57.4 Å². The summed E-state index contributed by atoms with van der Waals surface area (Å²) < 4.78 is 13.3. The lowest BCUT2D eigenvalue weighted by Crippen LogP contribution is -2.33. The molecule has 0 aliphatic carbocycles. The van der Waals surface area contributed by atoms with Crippen molar-refractivity contribution in [2.75, 3.05) is 43.5 Å². The largest absolute Gasteiger partial charge is 0.459 e. The van der Waals surface area contributed by atoms with Gasteiger partial charge >= 0.3 is 6.01 Å². The first-order valence-electron chi connectivity index (χ1n) is 15.4. The second-order valence-corrected chi connectivity index (χ2v) is 11.7. The molecule has 3 N–H and O–H groups in total. The third kappa shape index (κ3) is 6.32. The van der Waals surface area contributed by atoms with Gasteiger partial charge in [-0.2, -0.15) is 10.1 Å². The molecule has 0 bridgehead atoms. The summed E-state index contributed by atoms with van der Waals surface area (Å²) in [5.74, 6) is 1.05. The van der Waals surface area contributed by atoms with Crippen LogP contribution in [-0.2, 0) is 16.6 Å². The van der Waals surface area contributed by atoms with Crippen molar-refractivity contribution in [3.05, 3.63) is 71.9 Å². The molecule has 236 valence electrons. The number of fused-ring (bicyclic) bond motifs is 1. The Labute approximate surface area is 266 Å². The van der Waals surface area contributed by atoms with Crippen LogP contribution in [0.1, 0.15) is 29.8 Å². The van der Waals surface area contributed by atoms with Gasteiger partial charge in [0.1, 0.15) is 6.10 Å². The van der Waals surface area contributed by atoms with Crippen molar-refractivity contribution in [1.82, 2.24) is 39.6 Å². The molecule has 7 rings (SSSR count). The molecule has 1 aromatic carbocycles.